The minimum absolute atomic E-state index is 0.537. The van der Waals surface area contributed by atoms with Crippen LogP contribution in [0.5, 0.6) is 0 Å². The maximum Gasteiger partial charge on any atom is 0.679 e. The number of rotatable bonds is 14. The van der Waals surface area contributed by atoms with Gasteiger partial charge in [-0.1, -0.05) is 53.4 Å². The Balaban J connectivity index is 4.71. The molecule has 0 aliphatic rings. The van der Waals surface area contributed by atoms with Crippen molar-refractivity contribution in [3.63, 3.8) is 0 Å². The summed E-state index contributed by atoms with van der Waals surface area (Å²) in [7, 11) is -2.99. The summed E-state index contributed by atoms with van der Waals surface area (Å²) in [5.74, 6) is 1.07. The molecule has 0 unspecified atom stereocenters. The molecule has 21 heavy (non-hydrogen) atoms. The molecule has 0 aliphatic carbocycles. The molecule has 5 heteroatoms. The lowest BCUT2D eigenvalue weighted by Gasteiger charge is -2.30. The standard InChI is InChI=1S/C16H36O4Si/c1-7-15(8-2)13-19-21(17-11-5,18-12-6)20-14-16(9-3)10-4/h15-16H,7-14H2,1-6H3. The average Bonchev–Trinajstić information content (AvgIpc) is 2.50. The van der Waals surface area contributed by atoms with Gasteiger partial charge in [-0.15, -0.1) is 0 Å². The molecule has 0 spiro atoms. The lowest BCUT2D eigenvalue weighted by Crippen LogP contribution is -2.51. The van der Waals surface area contributed by atoms with Crippen LogP contribution in [0.1, 0.15) is 67.2 Å². The van der Waals surface area contributed by atoms with Gasteiger partial charge >= 0.3 is 9.05 Å². The topological polar surface area (TPSA) is 36.9 Å². The molecule has 0 atom stereocenters. The molecule has 0 heterocycles. The highest BCUT2D eigenvalue weighted by atomic mass is 28.4. The predicted molar refractivity (Wildman–Crippen MR) is 89.1 cm³/mol. The Morgan fingerprint density at radius 2 is 0.905 bits per heavy atom. The molecule has 0 N–H and O–H groups in total. The van der Waals surface area contributed by atoms with Gasteiger partial charge in [0.25, 0.3) is 0 Å². The van der Waals surface area contributed by atoms with Crippen LogP contribution < -0.4 is 0 Å². The first-order valence-electron chi connectivity index (χ1n) is 8.66. The molecular formula is C16H36O4Si. The molecule has 128 valence electrons. The van der Waals surface area contributed by atoms with Gasteiger partial charge in [0.15, 0.2) is 0 Å². The quantitative estimate of drug-likeness (QED) is 0.445. The van der Waals surface area contributed by atoms with Gasteiger partial charge < -0.3 is 17.7 Å². The molecule has 0 bridgehead atoms. The molecule has 0 amide bonds. The van der Waals surface area contributed by atoms with Crippen LogP contribution in [-0.2, 0) is 17.7 Å². The summed E-state index contributed by atoms with van der Waals surface area (Å²) < 4.78 is 23.8. The van der Waals surface area contributed by atoms with Gasteiger partial charge in [-0.05, 0) is 25.7 Å². The Hall–Kier alpha value is 0.0569. The third-order valence-electron chi connectivity index (χ3n) is 3.94. The summed E-state index contributed by atoms with van der Waals surface area (Å²) in [6, 6.07) is 0. The van der Waals surface area contributed by atoms with Gasteiger partial charge in [-0.3, -0.25) is 0 Å². The van der Waals surface area contributed by atoms with E-state index in [0.717, 1.165) is 25.7 Å². The first-order valence-corrected chi connectivity index (χ1v) is 10.3. The molecular weight excluding hydrogens is 284 g/mol. The lowest BCUT2D eigenvalue weighted by atomic mass is 10.1. The molecule has 0 aromatic carbocycles. The Morgan fingerprint density at radius 1 is 0.571 bits per heavy atom. The second-order valence-corrected chi connectivity index (χ2v) is 7.51. The molecule has 0 rings (SSSR count). The van der Waals surface area contributed by atoms with E-state index in [1.54, 1.807) is 0 Å². The normalized spacial score (nSPS) is 12.6. The van der Waals surface area contributed by atoms with Gasteiger partial charge in [0, 0.05) is 26.4 Å². The van der Waals surface area contributed by atoms with E-state index in [9.17, 15) is 0 Å². The maximum atomic E-state index is 6.07. The summed E-state index contributed by atoms with van der Waals surface area (Å²) in [6.07, 6.45) is 4.41. The Bertz CT molecular complexity index is 206. The van der Waals surface area contributed by atoms with Crippen LogP contribution >= 0.6 is 0 Å². The average molecular weight is 321 g/mol. The second-order valence-electron chi connectivity index (χ2n) is 5.35. The van der Waals surface area contributed by atoms with Crippen LogP contribution in [-0.4, -0.2) is 35.5 Å². The van der Waals surface area contributed by atoms with Crippen molar-refractivity contribution in [3.05, 3.63) is 0 Å². The van der Waals surface area contributed by atoms with Crippen molar-refractivity contribution < 1.29 is 17.7 Å². The summed E-state index contributed by atoms with van der Waals surface area (Å²) in [6.45, 7) is 15.1. The Labute approximate surface area is 133 Å². The fourth-order valence-corrected chi connectivity index (χ4v) is 4.18. The third kappa shape index (κ3) is 8.31. The van der Waals surface area contributed by atoms with Crippen molar-refractivity contribution >= 4 is 9.05 Å². The van der Waals surface area contributed by atoms with E-state index < -0.39 is 9.05 Å². The van der Waals surface area contributed by atoms with Gasteiger partial charge in [0.05, 0.1) is 0 Å². The van der Waals surface area contributed by atoms with Crippen LogP contribution in [0.4, 0.5) is 0 Å². The van der Waals surface area contributed by atoms with E-state index in [1.165, 1.54) is 0 Å². The zero-order valence-corrected chi connectivity index (χ0v) is 15.9. The number of hydrogen-bond acceptors (Lipinski definition) is 4. The largest absolute Gasteiger partial charge is 0.679 e. The van der Waals surface area contributed by atoms with Crippen molar-refractivity contribution in [3.8, 4) is 0 Å². The fourth-order valence-electron chi connectivity index (χ4n) is 2.09. The van der Waals surface area contributed by atoms with E-state index in [4.69, 9.17) is 17.7 Å². The Morgan fingerprint density at radius 3 is 1.14 bits per heavy atom. The van der Waals surface area contributed by atoms with Crippen LogP contribution in [0.2, 0.25) is 0 Å². The summed E-state index contributed by atoms with van der Waals surface area (Å²) in [5.41, 5.74) is 0. The van der Waals surface area contributed by atoms with Crippen LogP contribution in [0, 0.1) is 11.8 Å². The first-order chi connectivity index (χ1) is 10.1. The zero-order valence-electron chi connectivity index (χ0n) is 14.9. The fraction of sp³-hybridized carbons (Fsp3) is 1.00. The van der Waals surface area contributed by atoms with E-state index in [2.05, 4.69) is 27.7 Å². The Kier molecular flexibility index (Phi) is 12.6. The monoisotopic (exact) mass is 320 g/mol. The SMILES string of the molecule is CCO[Si](OCC)(OCC(CC)CC)OCC(CC)CC. The van der Waals surface area contributed by atoms with Crippen molar-refractivity contribution in [2.24, 2.45) is 11.8 Å². The van der Waals surface area contributed by atoms with Gasteiger partial charge in [0.2, 0.25) is 0 Å². The molecule has 4 nitrogen and oxygen atoms in total. The van der Waals surface area contributed by atoms with E-state index in [1.807, 2.05) is 13.8 Å². The highest BCUT2D eigenvalue weighted by Gasteiger charge is 2.45. The molecule has 0 aliphatic heterocycles. The highest BCUT2D eigenvalue weighted by molar-refractivity contribution is 6.53. The van der Waals surface area contributed by atoms with Crippen molar-refractivity contribution in [2.75, 3.05) is 26.4 Å². The minimum atomic E-state index is -2.99. The van der Waals surface area contributed by atoms with Gasteiger partial charge in [-0.2, -0.15) is 0 Å². The van der Waals surface area contributed by atoms with E-state index >= 15 is 0 Å². The predicted octanol–water partition coefficient (Wildman–Crippen LogP) is 4.40. The van der Waals surface area contributed by atoms with Gasteiger partial charge in [-0.25, -0.2) is 0 Å². The number of hydrogen-bond donors (Lipinski definition) is 0. The highest BCUT2D eigenvalue weighted by Crippen LogP contribution is 2.19. The van der Waals surface area contributed by atoms with E-state index in [-0.39, 0.29) is 0 Å². The molecule has 0 saturated heterocycles. The molecule has 0 aromatic rings. The first kappa shape index (κ1) is 21.1. The summed E-state index contributed by atoms with van der Waals surface area (Å²) in [4.78, 5) is 0. The van der Waals surface area contributed by atoms with Crippen molar-refractivity contribution in [1.82, 2.24) is 0 Å². The smallest absolute Gasteiger partial charge is 0.351 e. The zero-order chi connectivity index (χ0) is 16.1. The van der Waals surface area contributed by atoms with Gasteiger partial charge in [0.1, 0.15) is 0 Å². The van der Waals surface area contributed by atoms with Crippen LogP contribution in [0.25, 0.3) is 0 Å². The molecule has 0 fully saturated rings. The summed E-state index contributed by atoms with van der Waals surface area (Å²) in [5, 5.41) is 0. The molecule has 0 aromatic heterocycles. The summed E-state index contributed by atoms with van der Waals surface area (Å²) >= 11 is 0. The molecule has 0 saturated carbocycles. The lowest BCUT2D eigenvalue weighted by molar-refractivity contribution is -0.0439. The molecule has 0 radical (unpaired) electrons. The van der Waals surface area contributed by atoms with Crippen LogP contribution in [0.3, 0.4) is 0 Å². The second kappa shape index (κ2) is 12.6. The maximum absolute atomic E-state index is 6.07. The van der Waals surface area contributed by atoms with Crippen molar-refractivity contribution in [2.45, 2.75) is 67.2 Å². The minimum Gasteiger partial charge on any atom is -0.351 e. The van der Waals surface area contributed by atoms with E-state index in [0.29, 0.717) is 38.3 Å². The van der Waals surface area contributed by atoms with Crippen LogP contribution in [0.15, 0.2) is 0 Å². The van der Waals surface area contributed by atoms with Crippen molar-refractivity contribution in [1.29, 1.82) is 0 Å². The third-order valence-corrected chi connectivity index (χ3v) is 6.27.